The lowest BCUT2D eigenvalue weighted by Gasteiger charge is -2.29. The Kier molecular flexibility index (Phi) is 10.2. The van der Waals surface area contributed by atoms with Crippen molar-refractivity contribution in [2.24, 2.45) is 11.8 Å². The minimum Gasteiger partial charge on any atom is -0.469 e. The van der Waals surface area contributed by atoms with Crippen molar-refractivity contribution in [3.8, 4) is 0 Å². The van der Waals surface area contributed by atoms with Crippen LogP contribution in [-0.4, -0.2) is 55.9 Å². The molecule has 1 heterocycles. The average molecular weight is 401 g/mol. The Morgan fingerprint density at radius 3 is 2.50 bits per heavy atom. The zero-order valence-corrected chi connectivity index (χ0v) is 17.3. The molecule has 1 saturated carbocycles. The summed E-state index contributed by atoms with van der Waals surface area (Å²) < 4.78 is 22.1. The third-order valence-corrected chi connectivity index (χ3v) is 5.86. The van der Waals surface area contributed by atoms with Gasteiger partial charge in [-0.05, 0) is 32.1 Å². The maximum absolute atomic E-state index is 11.6. The Morgan fingerprint density at radius 2 is 1.86 bits per heavy atom. The topological polar surface area (TPSA) is 91.3 Å². The summed E-state index contributed by atoms with van der Waals surface area (Å²) in [6.45, 7) is 2.15. The molecule has 1 aliphatic heterocycles. The van der Waals surface area contributed by atoms with Crippen molar-refractivity contribution in [1.82, 2.24) is 0 Å². The van der Waals surface area contributed by atoms with Crippen LogP contribution < -0.4 is 0 Å². The van der Waals surface area contributed by atoms with Gasteiger partial charge in [-0.15, -0.1) is 0 Å². The van der Waals surface area contributed by atoms with Crippen molar-refractivity contribution in [2.75, 3.05) is 20.3 Å². The summed E-state index contributed by atoms with van der Waals surface area (Å²) in [5, 5.41) is 10.0. The summed E-state index contributed by atoms with van der Waals surface area (Å²) >= 11 is 0. The fourth-order valence-corrected chi connectivity index (χ4v) is 4.41. The van der Waals surface area contributed by atoms with Crippen LogP contribution in [0, 0.1) is 11.8 Å². The van der Waals surface area contributed by atoms with Gasteiger partial charge in [-0.2, -0.15) is 0 Å². The first kappa shape index (κ1) is 23.1. The van der Waals surface area contributed by atoms with Crippen molar-refractivity contribution in [3.05, 3.63) is 0 Å². The zero-order valence-electron chi connectivity index (χ0n) is 17.3. The third kappa shape index (κ3) is 7.33. The van der Waals surface area contributed by atoms with Crippen LogP contribution in [0.5, 0.6) is 0 Å². The van der Waals surface area contributed by atoms with E-state index in [0.29, 0.717) is 19.4 Å². The molecule has 1 N–H and O–H groups in total. The number of methoxy groups -OCH3 is 1. The molecule has 1 saturated heterocycles. The molecule has 28 heavy (non-hydrogen) atoms. The first-order valence-corrected chi connectivity index (χ1v) is 10.7. The number of aliphatic hydroxyl groups is 1. The number of hydrogen-bond acceptors (Lipinski definition) is 7. The van der Waals surface area contributed by atoms with Gasteiger partial charge in [-0.25, -0.2) is 0 Å². The zero-order chi connectivity index (χ0) is 20.4. The van der Waals surface area contributed by atoms with Crippen LogP contribution in [0.25, 0.3) is 0 Å². The molecule has 0 aromatic heterocycles. The molecule has 2 fully saturated rings. The maximum atomic E-state index is 11.6. The normalized spacial score (nSPS) is 30.2. The molecule has 0 amide bonds. The molecule has 0 radical (unpaired) electrons. The second-order valence-corrected chi connectivity index (χ2v) is 7.89. The van der Waals surface area contributed by atoms with Crippen LogP contribution in [-0.2, 0) is 28.5 Å². The molecular weight excluding hydrogens is 364 g/mol. The Balaban J connectivity index is 1.84. The molecule has 2 rings (SSSR count). The minimum absolute atomic E-state index is 0.0160. The van der Waals surface area contributed by atoms with Gasteiger partial charge in [0.2, 0.25) is 0 Å². The van der Waals surface area contributed by atoms with Crippen molar-refractivity contribution < 1.29 is 33.6 Å². The summed E-state index contributed by atoms with van der Waals surface area (Å²) in [5.74, 6) is -0.427. The number of carbonyl (C=O) groups excluding carboxylic acids is 2. The number of ether oxygens (including phenoxy) is 4. The highest BCUT2D eigenvalue weighted by Gasteiger charge is 2.45. The van der Waals surface area contributed by atoms with Crippen LogP contribution in [0.2, 0.25) is 0 Å². The minimum atomic E-state index is -0.292. The predicted molar refractivity (Wildman–Crippen MR) is 102 cm³/mol. The lowest BCUT2D eigenvalue weighted by atomic mass is 9.89. The van der Waals surface area contributed by atoms with Gasteiger partial charge in [0.05, 0.1) is 13.2 Å². The van der Waals surface area contributed by atoms with Gasteiger partial charge in [0, 0.05) is 44.8 Å². The summed E-state index contributed by atoms with van der Waals surface area (Å²) in [4.78, 5) is 22.7. The number of hydrogen-bond donors (Lipinski definition) is 1. The summed E-state index contributed by atoms with van der Waals surface area (Å²) in [7, 11) is 1.41. The largest absolute Gasteiger partial charge is 0.469 e. The lowest BCUT2D eigenvalue weighted by Crippen LogP contribution is -2.33. The predicted octanol–water partition coefficient (Wildman–Crippen LogP) is 2.97. The van der Waals surface area contributed by atoms with Crippen molar-refractivity contribution in [2.45, 2.75) is 89.6 Å². The second kappa shape index (κ2) is 12.4. The van der Waals surface area contributed by atoms with Crippen molar-refractivity contribution >= 4 is 11.9 Å². The van der Waals surface area contributed by atoms with E-state index >= 15 is 0 Å². The lowest BCUT2D eigenvalue weighted by molar-refractivity contribution is -0.198. The van der Waals surface area contributed by atoms with Gasteiger partial charge in [-0.3, -0.25) is 9.59 Å². The standard InChI is InChI=1S/C21H36O7/c1-15(23)27-18-13-19(28-21-11-7-8-12-26-21)17(14-22)16(18)9-5-3-4-6-10-20(24)25-2/h16-19,21-22H,3-14H2,1-2H3/t16-,17-,18+,19-,21+/m1/s1. The first-order chi connectivity index (χ1) is 13.5. The maximum Gasteiger partial charge on any atom is 0.305 e. The van der Waals surface area contributed by atoms with E-state index in [9.17, 15) is 14.7 Å². The summed E-state index contributed by atoms with van der Waals surface area (Å²) in [6, 6.07) is 0. The molecule has 7 heteroatoms. The second-order valence-electron chi connectivity index (χ2n) is 7.89. The van der Waals surface area contributed by atoms with Gasteiger partial charge >= 0.3 is 11.9 Å². The van der Waals surface area contributed by atoms with Crippen LogP contribution in [0.3, 0.4) is 0 Å². The molecular formula is C21H36O7. The molecule has 0 aromatic rings. The van der Waals surface area contributed by atoms with Gasteiger partial charge < -0.3 is 24.1 Å². The van der Waals surface area contributed by atoms with E-state index in [0.717, 1.165) is 51.4 Å². The Bertz CT molecular complexity index is 475. The first-order valence-electron chi connectivity index (χ1n) is 10.7. The Morgan fingerprint density at radius 1 is 1.07 bits per heavy atom. The summed E-state index contributed by atoms with van der Waals surface area (Å²) in [6.07, 6.45) is 8.09. The molecule has 162 valence electrons. The Labute approximate surface area is 168 Å². The quantitative estimate of drug-likeness (QED) is 0.421. The highest BCUT2D eigenvalue weighted by atomic mass is 16.7. The van der Waals surface area contributed by atoms with Gasteiger partial charge in [-0.1, -0.05) is 19.3 Å². The number of aliphatic hydroxyl groups excluding tert-OH is 1. The summed E-state index contributed by atoms with van der Waals surface area (Å²) in [5.41, 5.74) is 0. The number of unbranched alkanes of at least 4 members (excludes halogenated alkanes) is 3. The fourth-order valence-electron chi connectivity index (χ4n) is 4.41. The molecule has 0 aromatic carbocycles. The van der Waals surface area contributed by atoms with Crippen LogP contribution in [0.4, 0.5) is 0 Å². The van der Waals surface area contributed by atoms with E-state index < -0.39 is 0 Å². The molecule has 2 aliphatic rings. The van der Waals surface area contributed by atoms with Crippen LogP contribution >= 0.6 is 0 Å². The van der Waals surface area contributed by atoms with Crippen molar-refractivity contribution in [1.29, 1.82) is 0 Å². The van der Waals surface area contributed by atoms with E-state index in [-0.39, 0.29) is 48.9 Å². The van der Waals surface area contributed by atoms with Crippen LogP contribution in [0.1, 0.15) is 71.1 Å². The van der Waals surface area contributed by atoms with Gasteiger partial charge in [0.15, 0.2) is 6.29 Å². The van der Waals surface area contributed by atoms with Gasteiger partial charge in [0.25, 0.3) is 0 Å². The monoisotopic (exact) mass is 400 g/mol. The van der Waals surface area contributed by atoms with Crippen molar-refractivity contribution in [3.63, 3.8) is 0 Å². The molecule has 0 bridgehead atoms. The highest BCUT2D eigenvalue weighted by molar-refractivity contribution is 5.69. The van der Waals surface area contributed by atoms with E-state index in [1.54, 1.807) is 0 Å². The SMILES string of the molecule is COC(=O)CCCCCC[C@@H]1[C@@H](CO)[C@H](O[C@H]2CCCCO2)C[C@@H]1OC(C)=O. The number of carbonyl (C=O) groups is 2. The molecule has 0 unspecified atom stereocenters. The Hall–Kier alpha value is -1.18. The molecule has 0 spiro atoms. The van der Waals surface area contributed by atoms with E-state index in [4.69, 9.17) is 14.2 Å². The molecule has 7 nitrogen and oxygen atoms in total. The highest BCUT2D eigenvalue weighted by Crippen LogP contribution is 2.40. The van der Waals surface area contributed by atoms with Gasteiger partial charge in [0.1, 0.15) is 6.10 Å². The molecule has 5 atom stereocenters. The smallest absolute Gasteiger partial charge is 0.305 e. The number of rotatable bonds is 11. The van der Waals surface area contributed by atoms with E-state index in [1.165, 1.54) is 14.0 Å². The average Bonchev–Trinajstić information content (AvgIpc) is 3.00. The third-order valence-electron chi connectivity index (χ3n) is 5.86. The van der Waals surface area contributed by atoms with Crippen LogP contribution in [0.15, 0.2) is 0 Å². The van der Waals surface area contributed by atoms with E-state index in [1.807, 2.05) is 0 Å². The molecule has 1 aliphatic carbocycles. The van der Waals surface area contributed by atoms with E-state index in [2.05, 4.69) is 4.74 Å². The fraction of sp³-hybridized carbons (Fsp3) is 0.905. The number of esters is 2.